The topological polar surface area (TPSA) is 122 Å². The molecule has 7 nitrogen and oxygen atoms in total. The van der Waals surface area contributed by atoms with Gasteiger partial charge in [0.1, 0.15) is 6.54 Å². The van der Waals surface area contributed by atoms with Gasteiger partial charge in [-0.2, -0.15) is 0 Å². The van der Waals surface area contributed by atoms with E-state index in [1.807, 2.05) is 13.8 Å². The minimum absolute atomic E-state index is 0.211. The fraction of sp³-hybridized carbons (Fsp3) is 0.727. The minimum atomic E-state index is -1.13. The Bertz CT molecular complexity index is 305. The number of carboxylic acids is 1. The van der Waals surface area contributed by atoms with E-state index in [1.165, 1.54) is 0 Å². The van der Waals surface area contributed by atoms with Crippen LogP contribution in [-0.2, 0) is 14.4 Å². The summed E-state index contributed by atoms with van der Waals surface area (Å²) >= 11 is 0. The van der Waals surface area contributed by atoms with Crippen LogP contribution in [0, 0.1) is 5.41 Å². The second-order valence-electron chi connectivity index (χ2n) is 4.04. The average molecular weight is 259 g/mol. The molecule has 0 saturated heterocycles. The first-order chi connectivity index (χ1) is 8.41. The molecule has 0 unspecified atom stereocenters. The van der Waals surface area contributed by atoms with Gasteiger partial charge in [-0.05, 0) is 12.8 Å². The number of carbonyl (C=O) groups is 3. The monoisotopic (exact) mass is 259 g/mol. The molecule has 0 atom stereocenters. The van der Waals surface area contributed by atoms with Crippen molar-refractivity contribution in [3.05, 3.63) is 0 Å². The van der Waals surface area contributed by atoms with Gasteiger partial charge >= 0.3 is 5.97 Å². The molecule has 0 aliphatic carbocycles. The zero-order valence-electron chi connectivity index (χ0n) is 10.8. The van der Waals surface area contributed by atoms with Crippen molar-refractivity contribution in [2.45, 2.75) is 26.7 Å². The Hall–Kier alpha value is -1.63. The van der Waals surface area contributed by atoms with E-state index in [0.29, 0.717) is 12.8 Å². The van der Waals surface area contributed by atoms with Crippen LogP contribution < -0.4 is 16.4 Å². The van der Waals surface area contributed by atoms with E-state index < -0.39 is 23.8 Å². The summed E-state index contributed by atoms with van der Waals surface area (Å²) in [5, 5.41) is 13.0. The van der Waals surface area contributed by atoms with E-state index in [9.17, 15) is 14.4 Å². The van der Waals surface area contributed by atoms with Crippen LogP contribution in [0.15, 0.2) is 0 Å². The fourth-order valence-corrected chi connectivity index (χ4v) is 1.54. The highest BCUT2D eigenvalue weighted by molar-refractivity contribution is 5.89. The summed E-state index contributed by atoms with van der Waals surface area (Å²) in [6, 6.07) is 0. The predicted octanol–water partition coefficient (Wildman–Crippen LogP) is -0.931. The van der Waals surface area contributed by atoms with Crippen LogP contribution in [0.25, 0.3) is 0 Å². The lowest BCUT2D eigenvalue weighted by Crippen LogP contribution is -2.48. The van der Waals surface area contributed by atoms with Gasteiger partial charge in [-0.1, -0.05) is 13.8 Å². The Morgan fingerprint density at radius 2 is 1.67 bits per heavy atom. The van der Waals surface area contributed by atoms with Crippen LogP contribution in [-0.4, -0.2) is 42.5 Å². The first-order valence-electron chi connectivity index (χ1n) is 5.88. The molecule has 0 aliphatic heterocycles. The van der Waals surface area contributed by atoms with Crippen molar-refractivity contribution in [3.8, 4) is 0 Å². The van der Waals surface area contributed by atoms with Crippen LogP contribution in [0.1, 0.15) is 26.7 Å². The summed E-state index contributed by atoms with van der Waals surface area (Å²) in [4.78, 5) is 33.4. The molecule has 0 aromatic heterocycles. The molecule has 0 fully saturated rings. The van der Waals surface area contributed by atoms with Gasteiger partial charge in [-0.25, -0.2) is 0 Å². The molecule has 0 spiro atoms. The van der Waals surface area contributed by atoms with Gasteiger partial charge < -0.3 is 21.5 Å². The SMILES string of the molecule is CCC(CC)(CN)C(=O)NCC(=O)NCC(=O)O. The van der Waals surface area contributed by atoms with Gasteiger partial charge in [0.25, 0.3) is 0 Å². The smallest absolute Gasteiger partial charge is 0.322 e. The molecule has 18 heavy (non-hydrogen) atoms. The number of hydrogen-bond acceptors (Lipinski definition) is 4. The molecule has 0 bridgehead atoms. The molecular weight excluding hydrogens is 238 g/mol. The molecule has 0 radical (unpaired) electrons. The van der Waals surface area contributed by atoms with E-state index in [-0.39, 0.29) is 19.0 Å². The third-order valence-electron chi connectivity index (χ3n) is 3.07. The lowest BCUT2D eigenvalue weighted by molar-refractivity contribution is -0.138. The molecule has 104 valence electrons. The van der Waals surface area contributed by atoms with Crippen molar-refractivity contribution in [2.24, 2.45) is 11.1 Å². The largest absolute Gasteiger partial charge is 0.480 e. The molecule has 0 heterocycles. The van der Waals surface area contributed by atoms with E-state index in [0.717, 1.165) is 0 Å². The van der Waals surface area contributed by atoms with Crippen LogP contribution in [0.3, 0.4) is 0 Å². The van der Waals surface area contributed by atoms with Crippen LogP contribution in [0.5, 0.6) is 0 Å². The molecule has 7 heteroatoms. The zero-order valence-corrected chi connectivity index (χ0v) is 10.8. The van der Waals surface area contributed by atoms with Gasteiger partial charge in [-0.3, -0.25) is 14.4 Å². The molecule has 5 N–H and O–H groups in total. The molecule has 2 amide bonds. The number of hydrogen-bond donors (Lipinski definition) is 4. The van der Waals surface area contributed by atoms with E-state index in [4.69, 9.17) is 10.8 Å². The van der Waals surface area contributed by atoms with Gasteiger partial charge in [0.2, 0.25) is 11.8 Å². The van der Waals surface area contributed by atoms with Crippen LogP contribution >= 0.6 is 0 Å². The lowest BCUT2D eigenvalue weighted by Gasteiger charge is -2.28. The van der Waals surface area contributed by atoms with Crippen molar-refractivity contribution in [2.75, 3.05) is 19.6 Å². The standard InChI is InChI=1S/C11H21N3O4/c1-3-11(4-2,7-12)10(18)14-5-8(15)13-6-9(16)17/h3-7,12H2,1-2H3,(H,13,15)(H,14,18)(H,16,17). The lowest BCUT2D eigenvalue weighted by atomic mass is 9.81. The number of carbonyl (C=O) groups excluding carboxylic acids is 2. The van der Waals surface area contributed by atoms with Gasteiger partial charge in [0.15, 0.2) is 0 Å². The molecule has 0 aliphatic rings. The Morgan fingerprint density at radius 1 is 1.11 bits per heavy atom. The minimum Gasteiger partial charge on any atom is -0.480 e. The zero-order chi connectivity index (χ0) is 14.2. The van der Waals surface area contributed by atoms with Crippen molar-refractivity contribution < 1.29 is 19.5 Å². The third-order valence-corrected chi connectivity index (χ3v) is 3.07. The van der Waals surface area contributed by atoms with Crippen molar-refractivity contribution in [1.29, 1.82) is 0 Å². The molecule has 0 aromatic carbocycles. The summed E-state index contributed by atoms with van der Waals surface area (Å²) in [6.07, 6.45) is 1.17. The number of nitrogens with two attached hydrogens (primary N) is 1. The summed E-state index contributed by atoms with van der Waals surface area (Å²) in [7, 11) is 0. The van der Waals surface area contributed by atoms with E-state index in [1.54, 1.807) is 0 Å². The van der Waals surface area contributed by atoms with E-state index in [2.05, 4.69) is 10.6 Å². The fourth-order valence-electron chi connectivity index (χ4n) is 1.54. The quantitative estimate of drug-likeness (QED) is 0.448. The first-order valence-corrected chi connectivity index (χ1v) is 5.88. The number of carboxylic acid groups (broad SMARTS) is 1. The normalized spacial score (nSPS) is 10.8. The Labute approximate surface area is 106 Å². The number of nitrogens with one attached hydrogen (secondary N) is 2. The maximum absolute atomic E-state index is 11.9. The Morgan fingerprint density at radius 3 is 2.06 bits per heavy atom. The summed E-state index contributed by atoms with van der Waals surface area (Å²) in [5.41, 5.74) is 4.94. The van der Waals surface area contributed by atoms with Gasteiger partial charge in [0.05, 0.1) is 12.0 Å². The third kappa shape index (κ3) is 4.70. The highest BCUT2D eigenvalue weighted by Crippen LogP contribution is 2.24. The second-order valence-corrected chi connectivity index (χ2v) is 4.04. The average Bonchev–Trinajstić information content (AvgIpc) is 2.36. The van der Waals surface area contributed by atoms with E-state index >= 15 is 0 Å². The Kier molecular flexibility index (Phi) is 6.96. The van der Waals surface area contributed by atoms with Crippen molar-refractivity contribution in [1.82, 2.24) is 10.6 Å². The van der Waals surface area contributed by atoms with Crippen molar-refractivity contribution >= 4 is 17.8 Å². The first kappa shape index (κ1) is 16.4. The number of aliphatic carboxylic acids is 1. The predicted molar refractivity (Wildman–Crippen MR) is 65.7 cm³/mol. The molecular formula is C11H21N3O4. The van der Waals surface area contributed by atoms with Crippen LogP contribution in [0.4, 0.5) is 0 Å². The number of rotatable bonds is 8. The van der Waals surface area contributed by atoms with Gasteiger partial charge in [0, 0.05) is 6.54 Å². The molecule has 0 rings (SSSR count). The highest BCUT2D eigenvalue weighted by Gasteiger charge is 2.33. The maximum Gasteiger partial charge on any atom is 0.322 e. The maximum atomic E-state index is 11.9. The molecule has 0 aromatic rings. The summed E-state index contributed by atoms with van der Waals surface area (Å²) < 4.78 is 0. The summed E-state index contributed by atoms with van der Waals surface area (Å²) in [5.74, 6) is -1.95. The highest BCUT2D eigenvalue weighted by atomic mass is 16.4. The summed E-state index contributed by atoms with van der Waals surface area (Å²) in [6.45, 7) is 3.23. The number of amides is 2. The molecule has 0 saturated carbocycles. The van der Waals surface area contributed by atoms with Gasteiger partial charge in [-0.15, -0.1) is 0 Å². The van der Waals surface area contributed by atoms with Crippen LogP contribution in [0.2, 0.25) is 0 Å². The second kappa shape index (κ2) is 7.65. The Balaban J connectivity index is 4.24. The van der Waals surface area contributed by atoms with Crippen molar-refractivity contribution in [3.63, 3.8) is 0 Å².